The van der Waals surface area contributed by atoms with Gasteiger partial charge in [-0.2, -0.15) is 0 Å². The molecule has 0 aliphatic heterocycles. The van der Waals surface area contributed by atoms with Crippen molar-refractivity contribution in [3.63, 3.8) is 0 Å². The highest BCUT2D eigenvalue weighted by Crippen LogP contribution is 2.59. The standard InChI is InChI=1S/C23H27N2O9PS/c1-5-33-35(30,34-6-2)20(15-8-10-19(27)17(12-15)22(29)32-4)25-23(36)24-13-14-7-9-18(26)16(11-14)21(28)31-3/h7-13,20,26-27H,5-6H2,1-4H3,(H,25,36). The topological polar surface area (TPSA) is 153 Å². The Labute approximate surface area is 213 Å². The summed E-state index contributed by atoms with van der Waals surface area (Å²) in [6.45, 7) is 3.38. The number of hydrogen-bond acceptors (Lipinski definition) is 10. The number of phenolic OH excluding ortho intramolecular Hbond substituents is 2. The fourth-order valence-electron chi connectivity index (χ4n) is 3.08. The second-order valence-corrected chi connectivity index (χ2v) is 9.52. The zero-order valence-corrected chi connectivity index (χ0v) is 21.8. The van der Waals surface area contributed by atoms with E-state index in [4.69, 9.17) is 26.0 Å². The van der Waals surface area contributed by atoms with Crippen molar-refractivity contribution in [1.82, 2.24) is 5.32 Å². The second-order valence-electron chi connectivity index (χ2n) is 7.02. The lowest BCUT2D eigenvalue weighted by Crippen LogP contribution is -2.27. The summed E-state index contributed by atoms with van der Waals surface area (Å²) < 4.78 is 34.0. The third kappa shape index (κ3) is 7.11. The van der Waals surface area contributed by atoms with Gasteiger partial charge in [0.1, 0.15) is 22.6 Å². The van der Waals surface area contributed by atoms with Crippen LogP contribution in [0.5, 0.6) is 11.5 Å². The number of carbonyl (C=O) groups is 2. The Balaban J connectivity index is 2.44. The van der Waals surface area contributed by atoms with Crippen LogP contribution in [0.3, 0.4) is 0 Å². The number of esters is 2. The Hall–Kier alpha value is -3.31. The van der Waals surface area contributed by atoms with Crippen LogP contribution in [0.4, 0.5) is 0 Å². The summed E-state index contributed by atoms with van der Waals surface area (Å²) in [5.74, 6) is -3.32. The summed E-state index contributed by atoms with van der Waals surface area (Å²) in [6.07, 6.45) is 1.32. The molecule has 2 aromatic carbocycles. The van der Waals surface area contributed by atoms with Crippen LogP contribution >= 0.6 is 19.8 Å². The van der Waals surface area contributed by atoms with Gasteiger partial charge in [0.2, 0.25) is 0 Å². The van der Waals surface area contributed by atoms with Crippen LogP contribution < -0.4 is 5.32 Å². The first-order valence-corrected chi connectivity index (χ1v) is 12.7. The first-order chi connectivity index (χ1) is 17.1. The zero-order chi connectivity index (χ0) is 26.9. The van der Waals surface area contributed by atoms with Crippen molar-refractivity contribution in [3.8, 4) is 11.5 Å². The summed E-state index contributed by atoms with van der Waals surface area (Å²) >= 11 is 5.31. The van der Waals surface area contributed by atoms with Crippen molar-refractivity contribution < 1.29 is 42.9 Å². The predicted molar refractivity (Wildman–Crippen MR) is 136 cm³/mol. The molecule has 0 aliphatic carbocycles. The van der Waals surface area contributed by atoms with Gasteiger partial charge < -0.3 is 34.1 Å². The van der Waals surface area contributed by atoms with E-state index < -0.39 is 25.3 Å². The number of benzene rings is 2. The van der Waals surface area contributed by atoms with Crippen molar-refractivity contribution in [3.05, 3.63) is 58.7 Å². The molecule has 0 fully saturated rings. The molecule has 1 atom stereocenters. The average Bonchev–Trinajstić information content (AvgIpc) is 2.86. The van der Waals surface area contributed by atoms with Crippen molar-refractivity contribution in [2.45, 2.75) is 19.6 Å². The maximum atomic E-state index is 13.7. The van der Waals surface area contributed by atoms with E-state index in [0.29, 0.717) is 5.56 Å². The number of ether oxygens (including phenoxy) is 2. The minimum absolute atomic E-state index is 0.0528. The number of phenols is 2. The monoisotopic (exact) mass is 538 g/mol. The molecule has 3 N–H and O–H groups in total. The van der Waals surface area contributed by atoms with Gasteiger partial charge >= 0.3 is 19.5 Å². The number of nitrogens with zero attached hydrogens (tertiary/aromatic N) is 1. The van der Waals surface area contributed by atoms with E-state index in [1.807, 2.05) is 0 Å². The summed E-state index contributed by atoms with van der Waals surface area (Å²) in [5, 5.41) is 22.6. The van der Waals surface area contributed by atoms with Crippen molar-refractivity contribution in [1.29, 1.82) is 0 Å². The molecule has 1 unspecified atom stereocenters. The highest BCUT2D eigenvalue weighted by atomic mass is 32.1. The van der Waals surface area contributed by atoms with Gasteiger partial charge in [0.25, 0.3) is 0 Å². The Kier molecular flexibility index (Phi) is 10.5. The number of nitrogens with one attached hydrogen (secondary N) is 1. The number of aromatic hydroxyl groups is 2. The third-order valence-electron chi connectivity index (χ3n) is 4.69. The molecular formula is C23H27N2O9PS. The molecule has 13 heteroatoms. The lowest BCUT2D eigenvalue weighted by atomic mass is 10.1. The lowest BCUT2D eigenvalue weighted by molar-refractivity contribution is 0.0588. The van der Waals surface area contributed by atoms with Gasteiger partial charge in [0, 0.05) is 6.21 Å². The van der Waals surface area contributed by atoms with E-state index in [0.717, 1.165) is 7.11 Å². The molecule has 0 heterocycles. The maximum absolute atomic E-state index is 13.7. The van der Waals surface area contributed by atoms with Crippen LogP contribution in [0, 0.1) is 0 Å². The van der Waals surface area contributed by atoms with Crippen LogP contribution in [0.1, 0.15) is 51.5 Å². The van der Waals surface area contributed by atoms with E-state index in [1.54, 1.807) is 13.8 Å². The minimum atomic E-state index is -3.91. The van der Waals surface area contributed by atoms with Crippen LogP contribution in [0.2, 0.25) is 0 Å². The average molecular weight is 539 g/mol. The van der Waals surface area contributed by atoms with Gasteiger partial charge in [0.05, 0.1) is 27.4 Å². The first-order valence-electron chi connectivity index (χ1n) is 10.7. The molecule has 194 valence electrons. The quantitative estimate of drug-likeness (QED) is 0.175. The molecule has 2 rings (SSSR count). The first kappa shape index (κ1) is 28.9. The SMILES string of the molecule is CCOP(=O)(OCC)C(NC(=S)N=Cc1ccc(O)c(C(=O)OC)c1)c1ccc(O)c(C(=O)OC)c1. The van der Waals surface area contributed by atoms with Crippen molar-refractivity contribution >= 4 is 43.1 Å². The summed E-state index contributed by atoms with van der Waals surface area (Å²) in [4.78, 5) is 28.0. The van der Waals surface area contributed by atoms with E-state index in [1.165, 1.54) is 49.7 Å². The molecule has 0 aliphatic rings. The summed E-state index contributed by atoms with van der Waals surface area (Å²) in [6, 6.07) is 8.13. The molecule has 36 heavy (non-hydrogen) atoms. The van der Waals surface area contributed by atoms with Gasteiger partial charge in [-0.3, -0.25) is 4.57 Å². The van der Waals surface area contributed by atoms with E-state index in [2.05, 4.69) is 15.0 Å². The van der Waals surface area contributed by atoms with Gasteiger partial charge in [0.15, 0.2) is 10.9 Å². The highest BCUT2D eigenvalue weighted by Gasteiger charge is 2.38. The Morgan fingerprint density at radius 3 is 2.06 bits per heavy atom. The molecule has 0 amide bonds. The molecule has 0 bridgehead atoms. The number of methoxy groups -OCH3 is 2. The van der Waals surface area contributed by atoms with E-state index in [-0.39, 0.29) is 46.5 Å². The highest BCUT2D eigenvalue weighted by molar-refractivity contribution is 7.80. The maximum Gasteiger partial charge on any atom is 0.357 e. The Morgan fingerprint density at radius 1 is 1.00 bits per heavy atom. The number of aliphatic imine (C=N–C) groups is 1. The summed E-state index contributed by atoms with van der Waals surface area (Å²) in [7, 11) is -1.56. The molecule has 11 nitrogen and oxygen atoms in total. The number of rotatable bonds is 10. The van der Waals surface area contributed by atoms with Crippen molar-refractivity contribution in [2.75, 3.05) is 27.4 Å². The van der Waals surface area contributed by atoms with Crippen LogP contribution in [0.25, 0.3) is 0 Å². The smallest absolute Gasteiger partial charge is 0.357 e. The molecule has 0 aromatic heterocycles. The molecule has 0 saturated carbocycles. The van der Waals surface area contributed by atoms with Crippen molar-refractivity contribution in [2.24, 2.45) is 4.99 Å². The normalized spacial score (nSPS) is 12.2. The summed E-state index contributed by atoms with van der Waals surface area (Å²) in [5.41, 5.74) is 0.461. The Morgan fingerprint density at radius 2 is 1.53 bits per heavy atom. The van der Waals surface area contributed by atoms with Gasteiger partial charge in [-0.05, 0) is 67.5 Å². The van der Waals surface area contributed by atoms with Gasteiger partial charge in [-0.25, -0.2) is 14.6 Å². The number of thiocarbonyl (C=S) groups is 1. The van der Waals surface area contributed by atoms with Crippen LogP contribution in [-0.2, 0) is 23.1 Å². The van der Waals surface area contributed by atoms with Gasteiger partial charge in [-0.15, -0.1) is 0 Å². The van der Waals surface area contributed by atoms with E-state index in [9.17, 15) is 24.4 Å². The fraction of sp³-hybridized carbons (Fsp3) is 0.304. The molecule has 0 radical (unpaired) electrons. The molecule has 2 aromatic rings. The number of hydrogen-bond donors (Lipinski definition) is 3. The zero-order valence-electron chi connectivity index (χ0n) is 20.1. The fourth-order valence-corrected chi connectivity index (χ4v) is 5.24. The number of carbonyl (C=O) groups excluding carboxylic acids is 2. The lowest BCUT2D eigenvalue weighted by Gasteiger charge is -2.27. The van der Waals surface area contributed by atoms with E-state index >= 15 is 0 Å². The third-order valence-corrected chi connectivity index (χ3v) is 7.21. The molecule has 0 spiro atoms. The molecular weight excluding hydrogens is 511 g/mol. The predicted octanol–water partition coefficient (Wildman–Crippen LogP) is 3.93. The van der Waals surface area contributed by atoms with Crippen LogP contribution in [-0.4, -0.2) is 60.9 Å². The molecule has 0 saturated heterocycles. The Bertz CT molecular complexity index is 1190. The van der Waals surface area contributed by atoms with Crippen LogP contribution in [0.15, 0.2) is 41.4 Å². The van der Waals surface area contributed by atoms with Gasteiger partial charge in [-0.1, -0.05) is 6.07 Å². The minimum Gasteiger partial charge on any atom is -0.507 e. The largest absolute Gasteiger partial charge is 0.507 e. The second kappa shape index (κ2) is 13.1.